The monoisotopic (exact) mass is 480 g/mol. The van der Waals surface area contributed by atoms with Gasteiger partial charge in [-0.15, -0.1) is 0 Å². The van der Waals surface area contributed by atoms with Crippen LogP contribution < -0.4 is 4.90 Å². The Hall–Kier alpha value is -3.49. The smallest absolute Gasteiger partial charge is 0.338 e. The van der Waals surface area contributed by atoms with Gasteiger partial charge in [0, 0.05) is 18.8 Å². The first-order valence-corrected chi connectivity index (χ1v) is 12.5. The highest BCUT2D eigenvalue weighted by Crippen LogP contribution is 2.19. The van der Waals surface area contributed by atoms with Gasteiger partial charge in [0.15, 0.2) is 6.61 Å². The van der Waals surface area contributed by atoms with Crippen LogP contribution in [-0.2, 0) is 26.1 Å². The summed E-state index contributed by atoms with van der Waals surface area (Å²) in [6.45, 7) is 4.12. The highest BCUT2D eigenvalue weighted by molar-refractivity contribution is 7.89. The Morgan fingerprint density at radius 3 is 1.91 bits per heavy atom. The van der Waals surface area contributed by atoms with Gasteiger partial charge in [-0.3, -0.25) is 4.79 Å². The molecule has 0 saturated heterocycles. The lowest BCUT2D eigenvalue weighted by atomic mass is 10.2. The van der Waals surface area contributed by atoms with Crippen molar-refractivity contribution in [3.63, 3.8) is 0 Å². The molecule has 0 aromatic heterocycles. The Morgan fingerprint density at radius 1 is 0.794 bits per heavy atom. The van der Waals surface area contributed by atoms with E-state index < -0.39 is 22.6 Å². The standard InChI is InChI=1S/C26H28N2O5S/c1-3-27(4-2)34(31,32)24-17-15-22(16-18-24)26(30)33-20-25(29)28(23-13-9-6-10-14-23)19-21-11-7-5-8-12-21/h5-18H,3-4,19-20H2,1-2H3. The molecule has 3 aromatic carbocycles. The van der Waals surface area contributed by atoms with Crippen molar-refractivity contribution in [3.8, 4) is 0 Å². The van der Waals surface area contributed by atoms with E-state index in [9.17, 15) is 18.0 Å². The van der Waals surface area contributed by atoms with Crippen LogP contribution >= 0.6 is 0 Å². The highest BCUT2D eigenvalue weighted by atomic mass is 32.2. The highest BCUT2D eigenvalue weighted by Gasteiger charge is 2.22. The van der Waals surface area contributed by atoms with Crippen LogP contribution in [0.5, 0.6) is 0 Å². The summed E-state index contributed by atoms with van der Waals surface area (Å²) in [5.41, 5.74) is 1.80. The van der Waals surface area contributed by atoms with Gasteiger partial charge in [0.25, 0.3) is 5.91 Å². The zero-order valence-corrected chi connectivity index (χ0v) is 20.1. The number of benzene rings is 3. The van der Waals surface area contributed by atoms with Crippen LogP contribution in [-0.4, -0.2) is 44.3 Å². The van der Waals surface area contributed by atoms with E-state index in [2.05, 4.69) is 0 Å². The molecule has 0 fully saturated rings. The number of ether oxygens (including phenoxy) is 1. The minimum absolute atomic E-state index is 0.0990. The SMILES string of the molecule is CCN(CC)S(=O)(=O)c1ccc(C(=O)OCC(=O)N(Cc2ccccc2)c2ccccc2)cc1. The predicted octanol–water partition coefficient (Wildman–Crippen LogP) is 4.11. The van der Waals surface area contributed by atoms with Gasteiger partial charge in [0.05, 0.1) is 17.0 Å². The molecule has 178 valence electrons. The molecule has 0 radical (unpaired) electrons. The quantitative estimate of drug-likeness (QED) is 0.408. The Balaban J connectivity index is 1.69. The van der Waals surface area contributed by atoms with Crippen LogP contribution in [0.3, 0.4) is 0 Å². The predicted molar refractivity (Wildman–Crippen MR) is 131 cm³/mol. The van der Waals surface area contributed by atoms with Crippen LogP contribution in [0.4, 0.5) is 5.69 Å². The van der Waals surface area contributed by atoms with Gasteiger partial charge >= 0.3 is 5.97 Å². The molecule has 0 atom stereocenters. The lowest BCUT2D eigenvalue weighted by Gasteiger charge is -2.23. The molecule has 0 heterocycles. The number of sulfonamides is 1. The fourth-order valence-electron chi connectivity index (χ4n) is 3.46. The van der Waals surface area contributed by atoms with E-state index >= 15 is 0 Å². The second-order valence-electron chi connectivity index (χ2n) is 7.49. The minimum atomic E-state index is -3.62. The van der Waals surface area contributed by atoms with E-state index in [-0.39, 0.29) is 16.4 Å². The topological polar surface area (TPSA) is 84.0 Å². The molecule has 3 aromatic rings. The number of carbonyl (C=O) groups excluding carboxylic acids is 2. The summed E-state index contributed by atoms with van der Waals surface area (Å²) in [5, 5.41) is 0. The summed E-state index contributed by atoms with van der Waals surface area (Å²) in [4.78, 5) is 27.2. The van der Waals surface area contributed by atoms with Crippen molar-refractivity contribution < 1.29 is 22.7 Å². The third-order valence-electron chi connectivity index (χ3n) is 5.31. The lowest BCUT2D eigenvalue weighted by Crippen LogP contribution is -2.34. The average Bonchev–Trinajstić information content (AvgIpc) is 2.87. The largest absolute Gasteiger partial charge is 0.452 e. The van der Waals surface area contributed by atoms with E-state index in [4.69, 9.17) is 4.74 Å². The van der Waals surface area contributed by atoms with Crippen molar-refractivity contribution in [3.05, 3.63) is 96.1 Å². The summed E-state index contributed by atoms with van der Waals surface area (Å²) in [6, 6.07) is 24.2. The Morgan fingerprint density at radius 2 is 1.35 bits per heavy atom. The first kappa shape index (κ1) is 25.1. The van der Waals surface area contributed by atoms with Crippen LogP contribution in [0.2, 0.25) is 0 Å². The number of amides is 1. The molecule has 3 rings (SSSR count). The van der Waals surface area contributed by atoms with Crippen LogP contribution in [0, 0.1) is 0 Å². The molecule has 0 unspecified atom stereocenters. The van der Waals surface area contributed by atoms with Gasteiger partial charge in [-0.05, 0) is 42.0 Å². The van der Waals surface area contributed by atoms with Gasteiger partial charge in [-0.2, -0.15) is 4.31 Å². The zero-order chi connectivity index (χ0) is 24.6. The fraction of sp³-hybridized carbons (Fsp3) is 0.231. The summed E-state index contributed by atoms with van der Waals surface area (Å²) in [7, 11) is -3.62. The molecular weight excluding hydrogens is 452 g/mol. The number of para-hydroxylation sites is 1. The molecule has 0 bridgehead atoms. The average molecular weight is 481 g/mol. The maximum Gasteiger partial charge on any atom is 0.338 e. The van der Waals surface area contributed by atoms with Gasteiger partial charge in [-0.25, -0.2) is 13.2 Å². The first-order valence-electron chi connectivity index (χ1n) is 11.0. The van der Waals surface area contributed by atoms with Gasteiger partial charge in [0.2, 0.25) is 10.0 Å². The second kappa shape index (κ2) is 11.6. The normalized spacial score (nSPS) is 11.3. The summed E-state index contributed by atoms with van der Waals surface area (Å²) < 4.78 is 31.8. The molecular formula is C26H28N2O5S. The fourth-order valence-corrected chi connectivity index (χ4v) is 4.92. The van der Waals surface area contributed by atoms with Crippen molar-refractivity contribution >= 4 is 27.6 Å². The van der Waals surface area contributed by atoms with Crippen LogP contribution in [0.15, 0.2) is 89.8 Å². The van der Waals surface area contributed by atoms with E-state index in [0.717, 1.165) is 5.56 Å². The van der Waals surface area contributed by atoms with E-state index in [1.165, 1.54) is 28.6 Å². The van der Waals surface area contributed by atoms with Crippen molar-refractivity contribution in [2.75, 3.05) is 24.6 Å². The Kier molecular flexibility index (Phi) is 8.56. The summed E-state index contributed by atoms with van der Waals surface area (Å²) >= 11 is 0. The molecule has 34 heavy (non-hydrogen) atoms. The molecule has 0 aliphatic heterocycles. The van der Waals surface area contributed by atoms with Crippen LogP contribution in [0.25, 0.3) is 0 Å². The number of rotatable bonds is 10. The number of hydrogen-bond acceptors (Lipinski definition) is 5. The maximum atomic E-state index is 13.0. The van der Waals surface area contributed by atoms with Crippen molar-refractivity contribution in [2.24, 2.45) is 0 Å². The Bertz CT molecular complexity index is 1190. The first-order chi connectivity index (χ1) is 16.4. The van der Waals surface area contributed by atoms with E-state index in [1.54, 1.807) is 18.7 Å². The third kappa shape index (κ3) is 6.09. The summed E-state index contributed by atoms with van der Waals surface area (Å²) in [5.74, 6) is -1.07. The van der Waals surface area contributed by atoms with Gasteiger partial charge < -0.3 is 9.64 Å². The number of esters is 1. The molecule has 7 nitrogen and oxygen atoms in total. The van der Waals surface area contributed by atoms with Crippen molar-refractivity contribution in [2.45, 2.75) is 25.3 Å². The van der Waals surface area contributed by atoms with Crippen molar-refractivity contribution in [1.82, 2.24) is 4.31 Å². The molecule has 0 aliphatic rings. The molecule has 8 heteroatoms. The Labute approximate surface area is 200 Å². The number of hydrogen-bond donors (Lipinski definition) is 0. The summed E-state index contributed by atoms with van der Waals surface area (Å²) in [6.07, 6.45) is 0. The second-order valence-corrected chi connectivity index (χ2v) is 9.43. The van der Waals surface area contributed by atoms with Gasteiger partial charge in [0.1, 0.15) is 0 Å². The minimum Gasteiger partial charge on any atom is -0.452 e. The lowest BCUT2D eigenvalue weighted by molar-refractivity contribution is -0.121. The molecule has 0 saturated carbocycles. The maximum absolute atomic E-state index is 13.0. The molecule has 1 amide bonds. The number of carbonyl (C=O) groups is 2. The zero-order valence-electron chi connectivity index (χ0n) is 19.3. The molecule has 0 N–H and O–H groups in total. The third-order valence-corrected chi connectivity index (χ3v) is 7.38. The molecule has 0 aliphatic carbocycles. The van der Waals surface area contributed by atoms with Gasteiger partial charge in [-0.1, -0.05) is 62.4 Å². The van der Waals surface area contributed by atoms with Crippen LogP contribution in [0.1, 0.15) is 29.8 Å². The van der Waals surface area contributed by atoms with Crippen molar-refractivity contribution in [1.29, 1.82) is 0 Å². The number of anilines is 1. The molecule has 0 spiro atoms. The van der Waals surface area contributed by atoms with E-state index in [0.29, 0.717) is 25.3 Å². The number of nitrogens with zero attached hydrogens (tertiary/aromatic N) is 2. The van der Waals surface area contributed by atoms with E-state index in [1.807, 2.05) is 60.7 Å².